The van der Waals surface area contributed by atoms with Crippen molar-refractivity contribution in [3.8, 4) is 17.6 Å². The van der Waals surface area contributed by atoms with Crippen LogP contribution < -0.4 is 20.1 Å². The van der Waals surface area contributed by atoms with Gasteiger partial charge in [-0.25, -0.2) is 4.39 Å². The quantitative estimate of drug-likeness (QED) is 0.239. The van der Waals surface area contributed by atoms with E-state index in [9.17, 15) is 19.2 Å². The van der Waals surface area contributed by atoms with Crippen molar-refractivity contribution in [1.82, 2.24) is 5.32 Å². The second-order valence-corrected chi connectivity index (χ2v) is 8.74. The Morgan fingerprint density at radius 1 is 1.11 bits per heavy atom. The van der Waals surface area contributed by atoms with Gasteiger partial charge in [-0.15, -0.1) is 0 Å². The Kier molecular flexibility index (Phi) is 9.81. The number of nitriles is 1. The summed E-state index contributed by atoms with van der Waals surface area (Å²) in [6, 6.07) is 19.7. The average Bonchev–Trinajstić information content (AvgIpc) is 2.88. The van der Waals surface area contributed by atoms with Gasteiger partial charge in [0.15, 0.2) is 18.1 Å². The molecule has 9 heteroatoms. The van der Waals surface area contributed by atoms with E-state index in [2.05, 4.69) is 26.6 Å². The fourth-order valence-corrected chi connectivity index (χ4v) is 3.93. The summed E-state index contributed by atoms with van der Waals surface area (Å²) in [5.41, 5.74) is 1.80. The molecule has 3 aromatic rings. The maximum absolute atomic E-state index is 13.1. The highest BCUT2D eigenvalue weighted by atomic mass is 79.9. The monoisotopic (exact) mass is 565 g/mol. The molecular weight excluding hydrogens is 541 g/mol. The van der Waals surface area contributed by atoms with Crippen molar-refractivity contribution in [2.45, 2.75) is 19.9 Å². The van der Waals surface area contributed by atoms with Crippen LogP contribution in [0.2, 0.25) is 0 Å². The Morgan fingerprint density at radius 3 is 2.46 bits per heavy atom. The van der Waals surface area contributed by atoms with Gasteiger partial charge in [-0.1, -0.05) is 30.3 Å². The van der Waals surface area contributed by atoms with Crippen LogP contribution in [0, 0.1) is 17.1 Å². The number of hydrogen-bond acceptors (Lipinski definition) is 5. The van der Waals surface area contributed by atoms with Crippen molar-refractivity contribution < 1.29 is 23.5 Å². The topological polar surface area (TPSA) is 100 Å². The number of halogens is 2. The highest BCUT2D eigenvalue weighted by Crippen LogP contribution is 2.37. The molecule has 0 aliphatic rings. The lowest BCUT2D eigenvalue weighted by Gasteiger charge is -2.15. The molecule has 1 atom stereocenters. The fraction of sp³-hybridized carbons (Fsp3) is 0.179. The molecular formula is C28H25BrFN3O4. The van der Waals surface area contributed by atoms with Gasteiger partial charge in [0.25, 0.3) is 11.8 Å². The summed E-state index contributed by atoms with van der Waals surface area (Å²) < 4.78 is 24.9. The zero-order valence-electron chi connectivity index (χ0n) is 20.3. The molecule has 3 aromatic carbocycles. The molecule has 3 rings (SSSR count). The molecule has 2 N–H and O–H groups in total. The SMILES string of the molecule is CCOc1cc(/C=C(/C#N)C(=O)N[C@@H](C)c2ccccc2)cc(Br)c1OCC(=O)Nc1ccc(F)cc1. The molecule has 0 fully saturated rings. The molecule has 0 radical (unpaired) electrons. The molecule has 0 saturated carbocycles. The molecule has 0 aromatic heterocycles. The number of rotatable bonds is 10. The van der Waals surface area contributed by atoms with Crippen LogP contribution in [0.4, 0.5) is 10.1 Å². The molecule has 7 nitrogen and oxygen atoms in total. The first-order chi connectivity index (χ1) is 17.8. The van der Waals surface area contributed by atoms with Crippen molar-refractivity contribution in [1.29, 1.82) is 5.26 Å². The number of nitrogens with zero attached hydrogens (tertiary/aromatic N) is 1. The molecule has 190 valence electrons. The van der Waals surface area contributed by atoms with Crippen LogP contribution in [0.1, 0.15) is 31.0 Å². The number of carbonyl (C=O) groups is 2. The van der Waals surface area contributed by atoms with Gasteiger partial charge in [0.1, 0.15) is 17.5 Å². The van der Waals surface area contributed by atoms with Crippen molar-refractivity contribution >= 4 is 39.5 Å². The Hall–Kier alpha value is -4.16. The molecule has 0 unspecified atom stereocenters. The summed E-state index contributed by atoms with van der Waals surface area (Å²) in [7, 11) is 0. The molecule has 0 spiro atoms. The number of nitrogens with one attached hydrogen (secondary N) is 2. The first-order valence-electron chi connectivity index (χ1n) is 11.4. The summed E-state index contributed by atoms with van der Waals surface area (Å²) in [6.45, 7) is 3.62. The van der Waals surface area contributed by atoms with Gasteiger partial charge in [-0.05, 0) is 83.4 Å². The molecule has 0 bridgehead atoms. The van der Waals surface area contributed by atoms with E-state index in [1.807, 2.05) is 43.3 Å². The highest BCUT2D eigenvalue weighted by molar-refractivity contribution is 9.10. The van der Waals surface area contributed by atoms with Crippen molar-refractivity contribution in [3.63, 3.8) is 0 Å². The third-order valence-corrected chi connectivity index (χ3v) is 5.72. The van der Waals surface area contributed by atoms with E-state index in [0.717, 1.165) is 5.56 Å². The van der Waals surface area contributed by atoms with E-state index in [1.54, 1.807) is 19.1 Å². The zero-order valence-corrected chi connectivity index (χ0v) is 21.8. The van der Waals surface area contributed by atoms with Crippen LogP contribution in [-0.2, 0) is 9.59 Å². The maximum atomic E-state index is 13.1. The van der Waals surface area contributed by atoms with E-state index in [0.29, 0.717) is 28.1 Å². The van der Waals surface area contributed by atoms with Crippen LogP contribution in [0.3, 0.4) is 0 Å². The fourth-order valence-electron chi connectivity index (χ4n) is 3.36. The van der Waals surface area contributed by atoms with Gasteiger partial charge in [-0.2, -0.15) is 5.26 Å². The smallest absolute Gasteiger partial charge is 0.262 e. The lowest BCUT2D eigenvalue weighted by atomic mass is 10.1. The summed E-state index contributed by atoms with van der Waals surface area (Å²) in [6.07, 6.45) is 1.45. The van der Waals surface area contributed by atoms with Gasteiger partial charge in [0, 0.05) is 5.69 Å². The van der Waals surface area contributed by atoms with Gasteiger partial charge in [-0.3, -0.25) is 9.59 Å². The zero-order chi connectivity index (χ0) is 26.8. The third kappa shape index (κ3) is 7.92. The second kappa shape index (κ2) is 13.2. The van der Waals surface area contributed by atoms with E-state index in [4.69, 9.17) is 9.47 Å². The Bertz CT molecular complexity index is 1320. The molecule has 2 amide bonds. The van der Waals surface area contributed by atoms with E-state index in [-0.39, 0.29) is 24.0 Å². The first-order valence-corrected chi connectivity index (χ1v) is 12.2. The van der Waals surface area contributed by atoms with Gasteiger partial charge >= 0.3 is 0 Å². The minimum Gasteiger partial charge on any atom is -0.490 e. The van der Waals surface area contributed by atoms with Crippen LogP contribution in [0.5, 0.6) is 11.5 Å². The third-order valence-electron chi connectivity index (χ3n) is 5.13. The Labute approximate surface area is 223 Å². The van der Waals surface area contributed by atoms with E-state index < -0.39 is 17.6 Å². The van der Waals surface area contributed by atoms with Gasteiger partial charge in [0.2, 0.25) is 0 Å². The summed E-state index contributed by atoms with van der Waals surface area (Å²) >= 11 is 3.42. The average molecular weight is 566 g/mol. The summed E-state index contributed by atoms with van der Waals surface area (Å²) in [4.78, 5) is 25.0. The maximum Gasteiger partial charge on any atom is 0.262 e. The molecule has 0 aliphatic carbocycles. The van der Waals surface area contributed by atoms with Crippen LogP contribution in [0.15, 0.2) is 76.8 Å². The standard InChI is InChI=1S/C28H25BrFN3O4/c1-3-36-25-15-19(13-21(16-31)28(35)32-18(2)20-7-5-4-6-8-20)14-24(29)27(25)37-17-26(34)33-23-11-9-22(30)10-12-23/h4-15,18H,3,17H2,1-2H3,(H,32,35)(H,33,34)/b21-13-/t18-/m0/s1. The Morgan fingerprint density at radius 2 is 1.81 bits per heavy atom. The summed E-state index contributed by atoms with van der Waals surface area (Å²) in [5, 5.41) is 15.1. The molecule has 0 aliphatic heterocycles. The van der Waals surface area contributed by atoms with Crippen molar-refractivity contribution in [3.05, 3.63) is 93.7 Å². The minimum absolute atomic E-state index is 0.0792. The number of hydrogen-bond donors (Lipinski definition) is 2. The van der Waals surface area contributed by atoms with Crippen LogP contribution >= 0.6 is 15.9 Å². The second-order valence-electron chi connectivity index (χ2n) is 7.88. The lowest BCUT2D eigenvalue weighted by molar-refractivity contribution is -0.118. The van der Waals surface area contributed by atoms with Gasteiger partial charge < -0.3 is 20.1 Å². The predicted molar refractivity (Wildman–Crippen MR) is 142 cm³/mol. The van der Waals surface area contributed by atoms with Crippen LogP contribution in [0.25, 0.3) is 6.08 Å². The largest absolute Gasteiger partial charge is 0.490 e. The van der Waals surface area contributed by atoms with Crippen molar-refractivity contribution in [2.24, 2.45) is 0 Å². The normalized spacial score (nSPS) is 11.7. The first kappa shape index (κ1) is 27.4. The number of ether oxygens (including phenoxy) is 2. The van der Waals surface area contributed by atoms with Crippen LogP contribution in [-0.4, -0.2) is 25.0 Å². The Balaban J connectivity index is 1.74. The lowest BCUT2D eigenvalue weighted by Crippen LogP contribution is -2.27. The highest BCUT2D eigenvalue weighted by Gasteiger charge is 2.17. The number of benzene rings is 3. The van der Waals surface area contributed by atoms with Gasteiger partial charge in [0.05, 0.1) is 17.1 Å². The number of anilines is 1. The minimum atomic E-state index is -0.509. The number of amides is 2. The molecule has 37 heavy (non-hydrogen) atoms. The number of carbonyl (C=O) groups excluding carboxylic acids is 2. The predicted octanol–water partition coefficient (Wildman–Crippen LogP) is 5.79. The van der Waals surface area contributed by atoms with Crippen molar-refractivity contribution in [2.75, 3.05) is 18.5 Å². The molecule has 0 heterocycles. The van der Waals surface area contributed by atoms with E-state index >= 15 is 0 Å². The summed E-state index contributed by atoms with van der Waals surface area (Å²) in [5.74, 6) is -0.745. The molecule has 0 saturated heterocycles. The van der Waals surface area contributed by atoms with E-state index in [1.165, 1.54) is 30.3 Å².